The van der Waals surface area contributed by atoms with E-state index in [9.17, 15) is 9.59 Å². The highest BCUT2D eigenvalue weighted by Crippen LogP contribution is 2.33. The summed E-state index contributed by atoms with van der Waals surface area (Å²) in [6.07, 6.45) is 0. The average Bonchev–Trinajstić information content (AvgIpc) is 3.35. The molecule has 0 radical (unpaired) electrons. The van der Waals surface area contributed by atoms with E-state index in [2.05, 4.69) is 15.6 Å². The quantitative estimate of drug-likeness (QED) is 0.207. The Morgan fingerprint density at radius 1 is 0.973 bits per heavy atom. The SMILES string of the molecule is COc1cccc(OC)c1C(=O)Nc1ccc(SCC(=O)Nc2nc(-c3ccc(Cl)cc3Cl)cs2)cc1. The number of nitrogens with zero attached hydrogens (tertiary/aromatic N) is 1. The van der Waals surface area contributed by atoms with Crippen molar-refractivity contribution in [2.24, 2.45) is 0 Å². The Bertz CT molecular complexity index is 1410. The monoisotopic (exact) mass is 573 g/mol. The normalized spacial score (nSPS) is 10.6. The van der Waals surface area contributed by atoms with Gasteiger partial charge in [-0.15, -0.1) is 23.1 Å². The number of thiazole rings is 1. The summed E-state index contributed by atoms with van der Waals surface area (Å²) in [7, 11) is 2.99. The van der Waals surface area contributed by atoms with Crippen molar-refractivity contribution in [2.45, 2.75) is 4.90 Å². The zero-order chi connectivity index (χ0) is 26.4. The number of nitrogens with one attached hydrogen (secondary N) is 2. The number of hydrogen-bond donors (Lipinski definition) is 2. The molecule has 0 aliphatic heterocycles. The molecule has 0 aliphatic rings. The van der Waals surface area contributed by atoms with Gasteiger partial charge < -0.3 is 20.1 Å². The fraction of sp³-hybridized carbons (Fsp3) is 0.115. The number of carbonyl (C=O) groups is 2. The van der Waals surface area contributed by atoms with Gasteiger partial charge in [0.25, 0.3) is 5.91 Å². The molecule has 0 aliphatic carbocycles. The van der Waals surface area contributed by atoms with Gasteiger partial charge in [-0.2, -0.15) is 0 Å². The number of methoxy groups -OCH3 is 2. The molecule has 2 amide bonds. The van der Waals surface area contributed by atoms with Crippen molar-refractivity contribution in [1.82, 2.24) is 4.98 Å². The summed E-state index contributed by atoms with van der Waals surface area (Å²) < 4.78 is 10.6. The van der Waals surface area contributed by atoms with Gasteiger partial charge in [0.05, 0.1) is 30.7 Å². The molecule has 37 heavy (non-hydrogen) atoms. The molecule has 1 aromatic heterocycles. The van der Waals surface area contributed by atoms with Gasteiger partial charge in [-0.05, 0) is 54.6 Å². The maximum atomic E-state index is 12.8. The van der Waals surface area contributed by atoms with Crippen LogP contribution in [0.25, 0.3) is 11.3 Å². The summed E-state index contributed by atoms with van der Waals surface area (Å²) >= 11 is 14.9. The molecule has 0 bridgehead atoms. The Morgan fingerprint density at radius 3 is 2.32 bits per heavy atom. The molecule has 7 nitrogen and oxygen atoms in total. The average molecular weight is 575 g/mol. The van der Waals surface area contributed by atoms with Gasteiger partial charge in [0.1, 0.15) is 17.1 Å². The van der Waals surface area contributed by atoms with E-state index in [0.29, 0.717) is 43.6 Å². The number of halogens is 2. The fourth-order valence-corrected chi connectivity index (χ4v) is 5.29. The van der Waals surface area contributed by atoms with Crippen LogP contribution >= 0.6 is 46.3 Å². The molecular formula is C26H21Cl2N3O4S2. The molecule has 11 heteroatoms. The van der Waals surface area contributed by atoms with Crippen molar-refractivity contribution in [1.29, 1.82) is 0 Å². The number of anilines is 2. The number of rotatable bonds is 9. The van der Waals surface area contributed by atoms with E-state index in [-0.39, 0.29) is 17.6 Å². The van der Waals surface area contributed by atoms with Crippen LogP contribution in [0.2, 0.25) is 10.0 Å². The Balaban J connectivity index is 1.32. The van der Waals surface area contributed by atoms with Crippen molar-refractivity contribution < 1.29 is 19.1 Å². The first-order chi connectivity index (χ1) is 17.9. The van der Waals surface area contributed by atoms with Crippen LogP contribution in [0, 0.1) is 0 Å². The van der Waals surface area contributed by atoms with Crippen LogP contribution in [0.4, 0.5) is 10.8 Å². The second-order valence-corrected chi connectivity index (χ2v) is 10.3. The first-order valence-corrected chi connectivity index (χ1v) is 13.5. The largest absolute Gasteiger partial charge is 0.496 e. The summed E-state index contributed by atoms with van der Waals surface area (Å²) in [4.78, 5) is 30.6. The third-order valence-electron chi connectivity index (χ3n) is 5.09. The van der Waals surface area contributed by atoms with Gasteiger partial charge in [0.2, 0.25) is 5.91 Å². The topological polar surface area (TPSA) is 89.5 Å². The zero-order valence-electron chi connectivity index (χ0n) is 19.7. The van der Waals surface area contributed by atoms with Gasteiger partial charge in [0.15, 0.2) is 5.13 Å². The summed E-state index contributed by atoms with van der Waals surface area (Å²) in [5.74, 6) is 0.489. The maximum Gasteiger partial charge on any atom is 0.263 e. The van der Waals surface area contributed by atoms with Gasteiger partial charge in [-0.25, -0.2) is 4.98 Å². The van der Waals surface area contributed by atoms with E-state index in [1.807, 2.05) is 17.5 Å². The fourth-order valence-electron chi connectivity index (χ4n) is 3.36. The molecule has 0 spiro atoms. The maximum absolute atomic E-state index is 12.8. The van der Waals surface area contributed by atoms with E-state index in [1.54, 1.807) is 48.5 Å². The van der Waals surface area contributed by atoms with Gasteiger partial charge in [-0.1, -0.05) is 29.3 Å². The van der Waals surface area contributed by atoms with Crippen molar-refractivity contribution in [3.8, 4) is 22.8 Å². The lowest BCUT2D eigenvalue weighted by molar-refractivity contribution is -0.113. The van der Waals surface area contributed by atoms with Crippen molar-refractivity contribution in [2.75, 3.05) is 30.6 Å². The Morgan fingerprint density at radius 2 is 1.68 bits per heavy atom. The van der Waals surface area contributed by atoms with E-state index in [1.165, 1.54) is 37.3 Å². The molecule has 0 saturated heterocycles. The molecular weight excluding hydrogens is 553 g/mol. The third-order valence-corrected chi connectivity index (χ3v) is 7.41. The summed E-state index contributed by atoms with van der Waals surface area (Å²) in [5.41, 5.74) is 2.32. The number of carbonyl (C=O) groups excluding carboxylic acids is 2. The first-order valence-electron chi connectivity index (χ1n) is 10.8. The molecule has 0 atom stereocenters. The predicted molar refractivity (Wildman–Crippen MR) is 151 cm³/mol. The Labute approximate surface area is 232 Å². The summed E-state index contributed by atoms with van der Waals surface area (Å²) in [6, 6.07) is 17.5. The minimum atomic E-state index is -0.350. The van der Waals surface area contributed by atoms with Gasteiger partial charge in [-0.3, -0.25) is 9.59 Å². The number of amides is 2. The summed E-state index contributed by atoms with van der Waals surface area (Å²) in [6.45, 7) is 0. The standard InChI is InChI=1S/C26H21Cl2N3O4S2/c1-34-21-4-3-5-22(35-2)24(21)25(33)29-16-7-9-17(10-8-16)36-14-23(32)31-26-30-20(13-37-26)18-11-6-15(27)12-19(18)28/h3-13H,14H2,1-2H3,(H,29,33)(H,30,31,32). The predicted octanol–water partition coefficient (Wildman–Crippen LogP) is 7.12. The molecule has 1 heterocycles. The van der Waals surface area contributed by atoms with E-state index >= 15 is 0 Å². The van der Waals surface area contributed by atoms with Crippen molar-refractivity contribution >= 4 is 68.9 Å². The second-order valence-electron chi connectivity index (χ2n) is 7.51. The van der Waals surface area contributed by atoms with Crippen LogP contribution in [0.15, 0.2) is 70.9 Å². The second kappa shape index (κ2) is 12.3. The van der Waals surface area contributed by atoms with E-state index in [0.717, 1.165) is 10.5 Å². The summed E-state index contributed by atoms with van der Waals surface area (Å²) in [5, 5.41) is 9.00. The van der Waals surface area contributed by atoms with Crippen LogP contribution in [0.1, 0.15) is 10.4 Å². The van der Waals surface area contributed by atoms with Crippen molar-refractivity contribution in [3.05, 3.63) is 81.7 Å². The number of hydrogen-bond acceptors (Lipinski definition) is 7. The number of benzene rings is 3. The molecule has 0 fully saturated rings. The van der Waals surface area contributed by atoms with Crippen LogP contribution in [0.3, 0.4) is 0 Å². The van der Waals surface area contributed by atoms with Crippen LogP contribution in [-0.2, 0) is 4.79 Å². The molecule has 4 rings (SSSR count). The molecule has 4 aromatic rings. The lowest BCUT2D eigenvalue weighted by Crippen LogP contribution is -2.14. The van der Waals surface area contributed by atoms with Gasteiger partial charge >= 0.3 is 0 Å². The Kier molecular flexibility index (Phi) is 8.94. The smallest absolute Gasteiger partial charge is 0.263 e. The highest BCUT2D eigenvalue weighted by Gasteiger charge is 2.18. The van der Waals surface area contributed by atoms with E-state index < -0.39 is 0 Å². The zero-order valence-corrected chi connectivity index (χ0v) is 22.9. The van der Waals surface area contributed by atoms with E-state index in [4.69, 9.17) is 32.7 Å². The number of ether oxygens (including phenoxy) is 2. The Hall–Kier alpha value is -3.24. The molecule has 0 unspecified atom stereocenters. The number of aromatic nitrogens is 1. The van der Waals surface area contributed by atoms with Crippen molar-refractivity contribution in [3.63, 3.8) is 0 Å². The highest BCUT2D eigenvalue weighted by atomic mass is 35.5. The molecule has 0 saturated carbocycles. The van der Waals surface area contributed by atoms with Crippen LogP contribution in [-0.4, -0.2) is 36.8 Å². The van der Waals surface area contributed by atoms with Gasteiger partial charge in [0, 0.05) is 26.5 Å². The lowest BCUT2D eigenvalue weighted by atomic mass is 10.1. The highest BCUT2D eigenvalue weighted by molar-refractivity contribution is 8.00. The minimum Gasteiger partial charge on any atom is -0.496 e. The third kappa shape index (κ3) is 6.75. The molecule has 190 valence electrons. The molecule has 3 aromatic carbocycles. The molecule has 2 N–H and O–H groups in total. The van der Waals surface area contributed by atoms with Crippen LogP contribution < -0.4 is 20.1 Å². The first kappa shape index (κ1) is 26.8. The lowest BCUT2D eigenvalue weighted by Gasteiger charge is -2.13. The van der Waals surface area contributed by atoms with Crippen LogP contribution in [0.5, 0.6) is 11.5 Å². The minimum absolute atomic E-state index is 0.186. The number of thioether (sulfide) groups is 1.